The molecule has 1 amide bonds. The standard InChI is InChI=1S/C17H12F4N4O/c18-11-6-4-10(5-7-11)13-9-14(25-24-13)16(26)23-15(17(19,20)21)12-3-1-2-8-22-12/h1-9,15H,(H,23,26)(H,24,25)/t15-/m0/s1. The molecule has 0 bridgehead atoms. The molecule has 0 aliphatic heterocycles. The maximum Gasteiger partial charge on any atom is 0.414 e. The number of halogens is 4. The molecule has 1 aromatic carbocycles. The van der Waals surface area contributed by atoms with Crippen molar-refractivity contribution < 1.29 is 22.4 Å². The summed E-state index contributed by atoms with van der Waals surface area (Å²) in [5.74, 6) is -1.43. The van der Waals surface area contributed by atoms with Gasteiger partial charge in [0.2, 0.25) is 0 Å². The summed E-state index contributed by atoms with van der Waals surface area (Å²) in [6, 6.07) is 8.39. The predicted octanol–water partition coefficient (Wildman–Crippen LogP) is 3.64. The van der Waals surface area contributed by atoms with Gasteiger partial charge in [0.25, 0.3) is 5.91 Å². The lowest BCUT2D eigenvalue weighted by molar-refractivity contribution is -0.156. The molecule has 9 heteroatoms. The van der Waals surface area contributed by atoms with Gasteiger partial charge < -0.3 is 5.32 Å². The molecule has 26 heavy (non-hydrogen) atoms. The number of H-pyrrole nitrogens is 1. The van der Waals surface area contributed by atoms with Crippen LogP contribution in [0.5, 0.6) is 0 Å². The van der Waals surface area contributed by atoms with Gasteiger partial charge in [0, 0.05) is 11.8 Å². The van der Waals surface area contributed by atoms with E-state index in [0.29, 0.717) is 11.3 Å². The lowest BCUT2D eigenvalue weighted by atomic mass is 10.1. The summed E-state index contributed by atoms with van der Waals surface area (Å²) in [5.41, 5.74) is 0.330. The zero-order chi connectivity index (χ0) is 18.7. The number of aromatic nitrogens is 3. The number of hydrogen-bond donors (Lipinski definition) is 2. The third-order valence-electron chi connectivity index (χ3n) is 3.55. The Balaban J connectivity index is 1.81. The first-order valence-corrected chi connectivity index (χ1v) is 7.44. The molecule has 0 aliphatic rings. The number of rotatable bonds is 4. The summed E-state index contributed by atoms with van der Waals surface area (Å²) in [6.45, 7) is 0. The molecule has 0 unspecified atom stereocenters. The highest BCUT2D eigenvalue weighted by Crippen LogP contribution is 2.31. The highest BCUT2D eigenvalue weighted by molar-refractivity contribution is 5.93. The molecule has 0 saturated heterocycles. The van der Waals surface area contributed by atoms with Crippen molar-refractivity contribution in [3.8, 4) is 11.3 Å². The molecule has 1 atom stereocenters. The van der Waals surface area contributed by atoms with Crippen molar-refractivity contribution in [2.75, 3.05) is 0 Å². The Hall–Kier alpha value is -3.23. The summed E-state index contributed by atoms with van der Waals surface area (Å²) >= 11 is 0. The van der Waals surface area contributed by atoms with E-state index in [1.54, 1.807) is 0 Å². The van der Waals surface area contributed by atoms with E-state index in [1.165, 1.54) is 54.7 Å². The number of carbonyl (C=O) groups excluding carboxylic acids is 1. The van der Waals surface area contributed by atoms with Crippen molar-refractivity contribution in [2.45, 2.75) is 12.2 Å². The molecule has 2 N–H and O–H groups in total. The second kappa shape index (κ2) is 6.95. The van der Waals surface area contributed by atoms with Crippen molar-refractivity contribution in [3.05, 3.63) is 71.9 Å². The molecule has 0 spiro atoms. The van der Waals surface area contributed by atoms with Crippen LogP contribution in [0, 0.1) is 5.82 Å². The van der Waals surface area contributed by atoms with Gasteiger partial charge in [-0.25, -0.2) is 4.39 Å². The van der Waals surface area contributed by atoms with E-state index in [1.807, 2.05) is 5.32 Å². The van der Waals surface area contributed by atoms with Crippen LogP contribution in [0.1, 0.15) is 22.2 Å². The Bertz CT molecular complexity index is 891. The summed E-state index contributed by atoms with van der Waals surface area (Å²) < 4.78 is 52.8. The van der Waals surface area contributed by atoms with Crippen LogP contribution in [0.2, 0.25) is 0 Å². The Morgan fingerprint density at radius 3 is 2.46 bits per heavy atom. The number of pyridine rings is 1. The minimum absolute atomic E-state index is 0.158. The van der Waals surface area contributed by atoms with Crippen LogP contribution in [-0.4, -0.2) is 27.3 Å². The molecule has 0 fully saturated rings. The number of nitrogens with one attached hydrogen (secondary N) is 2. The van der Waals surface area contributed by atoms with E-state index in [2.05, 4.69) is 15.2 Å². The largest absolute Gasteiger partial charge is 0.414 e. The van der Waals surface area contributed by atoms with Gasteiger partial charge in [-0.3, -0.25) is 14.9 Å². The zero-order valence-corrected chi connectivity index (χ0v) is 13.1. The van der Waals surface area contributed by atoms with Crippen molar-refractivity contribution in [1.82, 2.24) is 20.5 Å². The fraction of sp³-hybridized carbons (Fsp3) is 0.118. The predicted molar refractivity (Wildman–Crippen MR) is 84.5 cm³/mol. The van der Waals surface area contributed by atoms with Crippen LogP contribution in [0.25, 0.3) is 11.3 Å². The molecule has 0 radical (unpaired) electrons. The first kappa shape index (κ1) is 17.6. The van der Waals surface area contributed by atoms with Gasteiger partial charge in [-0.1, -0.05) is 6.07 Å². The van der Waals surface area contributed by atoms with Gasteiger partial charge >= 0.3 is 6.18 Å². The van der Waals surface area contributed by atoms with Gasteiger partial charge in [0.15, 0.2) is 6.04 Å². The van der Waals surface area contributed by atoms with Crippen LogP contribution in [0.4, 0.5) is 17.6 Å². The Kier molecular flexibility index (Phi) is 4.70. The Morgan fingerprint density at radius 2 is 1.85 bits per heavy atom. The number of aromatic amines is 1. The molecule has 0 aliphatic carbocycles. The van der Waals surface area contributed by atoms with Crippen molar-refractivity contribution in [3.63, 3.8) is 0 Å². The second-order valence-corrected chi connectivity index (χ2v) is 5.38. The quantitative estimate of drug-likeness (QED) is 0.695. The number of nitrogens with zero attached hydrogens (tertiary/aromatic N) is 2. The van der Waals surface area contributed by atoms with Crippen LogP contribution in [0.15, 0.2) is 54.7 Å². The third-order valence-corrected chi connectivity index (χ3v) is 3.55. The zero-order valence-electron chi connectivity index (χ0n) is 13.1. The molecule has 3 aromatic rings. The van der Waals surface area contributed by atoms with Gasteiger partial charge in [-0.05, 0) is 42.5 Å². The van der Waals surface area contributed by atoms with Crippen molar-refractivity contribution in [1.29, 1.82) is 0 Å². The molecular weight excluding hydrogens is 352 g/mol. The average molecular weight is 364 g/mol. The van der Waals surface area contributed by atoms with Crippen LogP contribution in [0.3, 0.4) is 0 Å². The molecule has 2 heterocycles. The second-order valence-electron chi connectivity index (χ2n) is 5.38. The van der Waals surface area contributed by atoms with E-state index in [0.717, 1.165) is 0 Å². The van der Waals surface area contributed by atoms with E-state index >= 15 is 0 Å². The number of amides is 1. The summed E-state index contributed by atoms with van der Waals surface area (Å²) in [6.07, 6.45) is -3.51. The summed E-state index contributed by atoms with van der Waals surface area (Å²) in [7, 11) is 0. The van der Waals surface area contributed by atoms with Crippen LogP contribution >= 0.6 is 0 Å². The van der Waals surface area contributed by atoms with Crippen LogP contribution < -0.4 is 5.32 Å². The maximum absolute atomic E-state index is 13.3. The maximum atomic E-state index is 13.3. The number of benzene rings is 1. The smallest absolute Gasteiger partial charge is 0.334 e. The van der Waals surface area contributed by atoms with Crippen molar-refractivity contribution in [2.24, 2.45) is 0 Å². The Morgan fingerprint density at radius 1 is 1.12 bits per heavy atom. The van der Waals surface area contributed by atoms with E-state index < -0.39 is 23.9 Å². The number of hydrogen-bond acceptors (Lipinski definition) is 3. The van der Waals surface area contributed by atoms with Crippen molar-refractivity contribution >= 4 is 5.91 Å². The monoisotopic (exact) mass is 364 g/mol. The highest BCUT2D eigenvalue weighted by atomic mass is 19.4. The van der Waals surface area contributed by atoms with E-state index in [9.17, 15) is 22.4 Å². The van der Waals surface area contributed by atoms with E-state index in [-0.39, 0.29) is 11.4 Å². The number of alkyl halides is 3. The van der Waals surface area contributed by atoms with E-state index in [4.69, 9.17) is 0 Å². The molecular formula is C17H12F4N4O. The van der Waals surface area contributed by atoms with Gasteiger partial charge in [-0.2, -0.15) is 18.3 Å². The molecule has 5 nitrogen and oxygen atoms in total. The first-order valence-electron chi connectivity index (χ1n) is 7.44. The summed E-state index contributed by atoms with van der Waals surface area (Å²) in [4.78, 5) is 15.9. The molecule has 3 rings (SSSR count). The Labute approximate surface area is 145 Å². The SMILES string of the molecule is O=C(N[C@@H](c1ccccn1)C(F)(F)F)c1cc(-c2ccc(F)cc2)n[nH]1. The van der Waals surface area contributed by atoms with Gasteiger partial charge in [0.1, 0.15) is 11.5 Å². The minimum Gasteiger partial charge on any atom is -0.334 e. The summed E-state index contributed by atoms with van der Waals surface area (Å²) in [5, 5.41) is 8.16. The normalized spacial score (nSPS) is 12.6. The fourth-order valence-corrected chi connectivity index (χ4v) is 2.29. The topological polar surface area (TPSA) is 70.7 Å². The molecule has 2 aromatic heterocycles. The lowest BCUT2D eigenvalue weighted by Crippen LogP contribution is -2.38. The van der Waals surface area contributed by atoms with Crippen LogP contribution in [-0.2, 0) is 0 Å². The first-order chi connectivity index (χ1) is 12.3. The third kappa shape index (κ3) is 3.88. The van der Waals surface area contributed by atoms with Gasteiger partial charge in [-0.15, -0.1) is 0 Å². The molecule has 134 valence electrons. The van der Waals surface area contributed by atoms with Gasteiger partial charge in [0.05, 0.1) is 11.4 Å². The fourth-order valence-electron chi connectivity index (χ4n) is 2.29. The lowest BCUT2D eigenvalue weighted by Gasteiger charge is -2.20. The highest BCUT2D eigenvalue weighted by Gasteiger charge is 2.43. The minimum atomic E-state index is -4.72. The average Bonchev–Trinajstić information content (AvgIpc) is 3.10. The number of carbonyl (C=O) groups is 1. The molecule has 0 saturated carbocycles.